The zero-order valence-corrected chi connectivity index (χ0v) is 20.5. The minimum absolute atomic E-state index is 0.0921. The van der Waals surface area contributed by atoms with Crippen LogP contribution < -0.4 is 21.0 Å². The Kier molecular flexibility index (Phi) is 6.53. The maximum atomic E-state index is 13.9. The summed E-state index contributed by atoms with van der Waals surface area (Å²) >= 11 is 6.86. The number of hydrogen-bond donors (Lipinski definition) is 2. The number of fused-ring (bicyclic) bond motifs is 2. The Hall–Kier alpha value is -4.38. The molecule has 0 unspecified atom stereocenters. The fraction of sp³-hybridized carbons (Fsp3) is 0.154. The van der Waals surface area contributed by atoms with E-state index in [1.165, 1.54) is 41.4 Å². The van der Waals surface area contributed by atoms with E-state index >= 15 is 0 Å². The Morgan fingerprint density at radius 1 is 1.05 bits per heavy atom. The SMILES string of the molecule is C[C@H](Nc1ncnc2[nH]ccc(=O)c12)c1c(Cl)c2cccc(OCC(F)(F)F)c2c(=O)n1-c1ccccc1. The minimum Gasteiger partial charge on any atom is -0.483 e. The highest BCUT2D eigenvalue weighted by atomic mass is 35.5. The molecule has 0 aliphatic carbocycles. The van der Waals surface area contributed by atoms with Gasteiger partial charge in [0, 0.05) is 23.3 Å². The predicted octanol–water partition coefficient (Wildman–Crippen LogP) is 5.39. The fourth-order valence-electron chi connectivity index (χ4n) is 4.28. The molecule has 0 saturated carbocycles. The van der Waals surface area contributed by atoms with E-state index in [4.69, 9.17) is 16.3 Å². The molecule has 8 nitrogen and oxygen atoms in total. The summed E-state index contributed by atoms with van der Waals surface area (Å²) < 4.78 is 45.0. The predicted molar refractivity (Wildman–Crippen MR) is 138 cm³/mol. The van der Waals surface area contributed by atoms with Gasteiger partial charge in [-0.15, -0.1) is 0 Å². The van der Waals surface area contributed by atoms with Gasteiger partial charge in [-0.2, -0.15) is 13.2 Å². The van der Waals surface area contributed by atoms with E-state index < -0.39 is 24.4 Å². The number of benzene rings is 2. The van der Waals surface area contributed by atoms with Gasteiger partial charge < -0.3 is 15.0 Å². The first-order valence-electron chi connectivity index (χ1n) is 11.4. The van der Waals surface area contributed by atoms with Crippen LogP contribution in [0.1, 0.15) is 18.7 Å². The summed E-state index contributed by atoms with van der Waals surface area (Å²) in [6, 6.07) is 13.5. The van der Waals surface area contributed by atoms with Crippen molar-refractivity contribution in [1.29, 1.82) is 0 Å². The Morgan fingerprint density at radius 2 is 1.82 bits per heavy atom. The average Bonchev–Trinajstić information content (AvgIpc) is 2.89. The third-order valence-corrected chi connectivity index (χ3v) is 6.26. The van der Waals surface area contributed by atoms with E-state index in [0.29, 0.717) is 17.0 Å². The van der Waals surface area contributed by atoms with Crippen molar-refractivity contribution in [2.24, 2.45) is 0 Å². The number of aromatic amines is 1. The van der Waals surface area contributed by atoms with Crippen LogP contribution in [0, 0.1) is 0 Å². The summed E-state index contributed by atoms with van der Waals surface area (Å²) in [5.74, 6) is -0.0215. The van der Waals surface area contributed by atoms with Crippen molar-refractivity contribution in [3.8, 4) is 11.4 Å². The Balaban J connectivity index is 1.73. The topological polar surface area (TPSA) is 102 Å². The molecule has 0 spiro atoms. The van der Waals surface area contributed by atoms with Crippen LogP contribution >= 0.6 is 11.6 Å². The van der Waals surface area contributed by atoms with Gasteiger partial charge in [-0.05, 0) is 25.1 Å². The van der Waals surface area contributed by atoms with Gasteiger partial charge in [-0.1, -0.05) is 41.9 Å². The van der Waals surface area contributed by atoms with Gasteiger partial charge in [0.15, 0.2) is 12.0 Å². The summed E-state index contributed by atoms with van der Waals surface area (Å²) in [5.41, 5.74) is 0.120. The molecular weight excluding hydrogens is 523 g/mol. The van der Waals surface area contributed by atoms with E-state index in [0.717, 1.165) is 0 Å². The highest BCUT2D eigenvalue weighted by molar-refractivity contribution is 6.36. The van der Waals surface area contributed by atoms with Gasteiger partial charge in [-0.3, -0.25) is 14.2 Å². The summed E-state index contributed by atoms with van der Waals surface area (Å²) in [7, 11) is 0. The van der Waals surface area contributed by atoms with Crippen molar-refractivity contribution in [3.05, 3.63) is 98.4 Å². The zero-order chi connectivity index (χ0) is 27.0. The number of ether oxygens (including phenoxy) is 1. The fourth-order valence-corrected chi connectivity index (χ4v) is 4.69. The number of halogens is 4. The molecule has 0 saturated heterocycles. The van der Waals surface area contributed by atoms with Crippen molar-refractivity contribution in [2.45, 2.75) is 19.1 Å². The molecule has 0 fully saturated rings. The van der Waals surface area contributed by atoms with Gasteiger partial charge in [0.25, 0.3) is 5.56 Å². The average molecular weight is 542 g/mol. The lowest BCUT2D eigenvalue weighted by molar-refractivity contribution is -0.153. The molecular formula is C26H19ClF3N5O3. The molecule has 0 aliphatic rings. The number of aromatic nitrogens is 4. The Bertz CT molecular complexity index is 1770. The van der Waals surface area contributed by atoms with E-state index in [2.05, 4.69) is 20.3 Å². The van der Waals surface area contributed by atoms with Crippen LogP contribution in [0.2, 0.25) is 5.02 Å². The summed E-state index contributed by atoms with van der Waals surface area (Å²) in [4.78, 5) is 37.6. The molecule has 3 heterocycles. The van der Waals surface area contributed by atoms with E-state index in [-0.39, 0.29) is 38.2 Å². The number of nitrogens with zero attached hydrogens (tertiary/aromatic N) is 3. The summed E-state index contributed by atoms with van der Waals surface area (Å²) in [5, 5.41) is 3.61. The number of rotatable bonds is 6. The molecule has 2 aromatic carbocycles. The van der Waals surface area contributed by atoms with Crippen LogP contribution in [-0.2, 0) is 0 Å². The van der Waals surface area contributed by atoms with Crippen LogP contribution in [0.15, 0.2) is 76.7 Å². The normalized spacial score (nSPS) is 12.6. The standard InChI is InChI=1S/C26H19ClF3N5O3/c1-14(34-24-20-17(36)10-11-31-23(20)32-13-33-24)22-21(27)16-8-5-9-18(38-12-26(28,29)30)19(16)25(37)35(22)15-6-3-2-4-7-15/h2-11,13-14H,12H2,1H3,(H2,31,32,33,34,36)/t14-/m0/s1. The molecule has 194 valence electrons. The number of anilines is 1. The quantitative estimate of drug-likeness (QED) is 0.299. The molecule has 1 atom stereocenters. The second kappa shape index (κ2) is 9.82. The first kappa shape index (κ1) is 25.3. The maximum Gasteiger partial charge on any atom is 0.422 e. The first-order chi connectivity index (χ1) is 18.2. The van der Waals surface area contributed by atoms with E-state index in [1.54, 1.807) is 37.3 Å². The number of hydrogen-bond acceptors (Lipinski definition) is 6. The van der Waals surface area contributed by atoms with Gasteiger partial charge in [-0.25, -0.2) is 9.97 Å². The number of nitrogens with one attached hydrogen (secondary N) is 2. The van der Waals surface area contributed by atoms with Gasteiger partial charge in [0.2, 0.25) is 0 Å². The van der Waals surface area contributed by atoms with Crippen molar-refractivity contribution >= 4 is 39.2 Å². The molecule has 0 aliphatic heterocycles. The van der Waals surface area contributed by atoms with Crippen LogP contribution in [0.4, 0.5) is 19.0 Å². The Morgan fingerprint density at radius 3 is 2.55 bits per heavy atom. The van der Waals surface area contributed by atoms with Crippen LogP contribution in [0.5, 0.6) is 5.75 Å². The lowest BCUT2D eigenvalue weighted by atomic mass is 10.1. The molecule has 5 aromatic rings. The van der Waals surface area contributed by atoms with Gasteiger partial charge >= 0.3 is 6.18 Å². The molecule has 12 heteroatoms. The van der Waals surface area contributed by atoms with Gasteiger partial charge in [0.05, 0.1) is 22.1 Å². The molecule has 38 heavy (non-hydrogen) atoms. The maximum absolute atomic E-state index is 13.9. The monoisotopic (exact) mass is 541 g/mol. The molecule has 3 aromatic heterocycles. The van der Waals surface area contributed by atoms with Crippen molar-refractivity contribution < 1.29 is 17.9 Å². The highest BCUT2D eigenvalue weighted by Gasteiger charge is 2.30. The minimum atomic E-state index is -4.60. The molecule has 0 bridgehead atoms. The van der Waals surface area contributed by atoms with Gasteiger partial charge in [0.1, 0.15) is 28.9 Å². The summed E-state index contributed by atoms with van der Waals surface area (Å²) in [6.07, 6.45) is -1.85. The lowest BCUT2D eigenvalue weighted by Crippen LogP contribution is -2.27. The number of para-hydroxylation sites is 1. The van der Waals surface area contributed by atoms with Crippen molar-refractivity contribution in [1.82, 2.24) is 19.5 Å². The highest BCUT2D eigenvalue weighted by Crippen LogP contribution is 2.36. The van der Waals surface area contributed by atoms with E-state index in [9.17, 15) is 22.8 Å². The third-order valence-electron chi connectivity index (χ3n) is 5.86. The van der Waals surface area contributed by atoms with E-state index in [1.807, 2.05) is 0 Å². The number of alkyl halides is 3. The van der Waals surface area contributed by atoms with Crippen molar-refractivity contribution in [2.75, 3.05) is 11.9 Å². The van der Waals surface area contributed by atoms with Crippen LogP contribution in [0.3, 0.4) is 0 Å². The summed E-state index contributed by atoms with van der Waals surface area (Å²) in [6.45, 7) is 0.157. The third kappa shape index (κ3) is 4.68. The van der Waals surface area contributed by atoms with Crippen LogP contribution in [-0.4, -0.2) is 32.3 Å². The first-order valence-corrected chi connectivity index (χ1v) is 11.7. The number of pyridine rings is 2. The number of H-pyrrole nitrogens is 1. The Labute approximate surface area is 217 Å². The largest absolute Gasteiger partial charge is 0.483 e. The zero-order valence-electron chi connectivity index (χ0n) is 19.7. The molecule has 2 N–H and O–H groups in total. The molecule has 5 rings (SSSR count). The van der Waals surface area contributed by atoms with Crippen LogP contribution in [0.25, 0.3) is 27.5 Å². The van der Waals surface area contributed by atoms with Crippen molar-refractivity contribution in [3.63, 3.8) is 0 Å². The smallest absolute Gasteiger partial charge is 0.422 e. The molecule has 0 radical (unpaired) electrons. The lowest BCUT2D eigenvalue weighted by Gasteiger charge is -2.24. The molecule has 0 amide bonds. The second-order valence-electron chi connectivity index (χ2n) is 8.41. The second-order valence-corrected chi connectivity index (χ2v) is 8.79.